The van der Waals surface area contributed by atoms with Gasteiger partial charge in [0, 0.05) is 41.0 Å². The standard InChI is InChI=1S/C20H26N4O4S/c1-14-6-7-15(28-14)13-23(4)20(25)11-10-19-21-17-12-16(29(26,27)22(2)3)8-9-18(17)24(19)5/h6-9,12H,10-11,13H2,1-5H3. The van der Waals surface area contributed by atoms with Gasteiger partial charge in [-0.05, 0) is 37.3 Å². The van der Waals surface area contributed by atoms with Crippen LogP contribution in [-0.4, -0.2) is 54.2 Å². The highest BCUT2D eigenvalue weighted by atomic mass is 32.2. The van der Waals surface area contributed by atoms with Gasteiger partial charge in [-0.2, -0.15) is 0 Å². The maximum atomic E-state index is 12.5. The molecule has 0 saturated carbocycles. The first-order valence-electron chi connectivity index (χ1n) is 9.26. The minimum absolute atomic E-state index is 0.0121. The molecule has 0 aliphatic carbocycles. The van der Waals surface area contributed by atoms with E-state index in [0.717, 1.165) is 22.9 Å². The smallest absolute Gasteiger partial charge is 0.242 e. The van der Waals surface area contributed by atoms with Gasteiger partial charge in [-0.15, -0.1) is 0 Å². The fourth-order valence-corrected chi connectivity index (χ4v) is 4.05. The van der Waals surface area contributed by atoms with Crippen LogP contribution in [0.1, 0.15) is 23.8 Å². The fourth-order valence-electron chi connectivity index (χ4n) is 3.13. The van der Waals surface area contributed by atoms with Gasteiger partial charge in [-0.25, -0.2) is 17.7 Å². The number of fused-ring (bicyclic) bond motifs is 1. The van der Waals surface area contributed by atoms with Crippen molar-refractivity contribution in [3.05, 3.63) is 47.7 Å². The van der Waals surface area contributed by atoms with Gasteiger partial charge in [-0.3, -0.25) is 4.79 Å². The van der Waals surface area contributed by atoms with Crippen LogP contribution >= 0.6 is 0 Å². The molecule has 2 aromatic heterocycles. The van der Waals surface area contributed by atoms with Crippen molar-refractivity contribution >= 4 is 27.0 Å². The van der Waals surface area contributed by atoms with Crippen molar-refractivity contribution in [2.24, 2.45) is 7.05 Å². The van der Waals surface area contributed by atoms with Crippen molar-refractivity contribution < 1.29 is 17.6 Å². The first-order chi connectivity index (χ1) is 13.6. The highest BCUT2D eigenvalue weighted by Crippen LogP contribution is 2.22. The van der Waals surface area contributed by atoms with E-state index in [1.807, 2.05) is 30.7 Å². The summed E-state index contributed by atoms with van der Waals surface area (Å²) in [6, 6.07) is 8.63. The van der Waals surface area contributed by atoms with E-state index >= 15 is 0 Å². The highest BCUT2D eigenvalue weighted by Gasteiger charge is 2.19. The molecule has 2 heterocycles. The summed E-state index contributed by atoms with van der Waals surface area (Å²) in [5.74, 6) is 2.28. The van der Waals surface area contributed by atoms with E-state index in [2.05, 4.69) is 4.98 Å². The average molecular weight is 419 g/mol. The second-order valence-electron chi connectivity index (χ2n) is 7.29. The van der Waals surface area contributed by atoms with Gasteiger partial charge < -0.3 is 13.9 Å². The number of sulfonamides is 1. The molecule has 0 aliphatic rings. The molecule has 0 N–H and O–H groups in total. The molecule has 29 heavy (non-hydrogen) atoms. The number of benzene rings is 1. The van der Waals surface area contributed by atoms with E-state index in [1.165, 1.54) is 18.4 Å². The molecular formula is C20H26N4O4S. The molecule has 3 aromatic rings. The molecule has 1 amide bonds. The maximum Gasteiger partial charge on any atom is 0.242 e. The number of carbonyl (C=O) groups is 1. The minimum Gasteiger partial charge on any atom is -0.464 e. The molecular weight excluding hydrogens is 392 g/mol. The van der Waals surface area contributed by atoms with Crippen molar-refractivity contribution in [3.63, 3.8) is 0 Å². The number of nitrogens with zero attached hydrogens (tertiary/aromatic N) is 4. The first-order valence-corrected chi connectivity index (χ1v) is 10.7. The molecule has 1 aromatic carbocycles. The Morgan fingerprint density at radius 2 is 1.90 bits per heavy atom. The summed E-state index contributed by atoms with van der Waals surface area (Å²) in [5, 5.41) is 0. The van der Waals surface area contributed by atoms with Gasteiger partial charge in [0.2, 0.25) is 15.9 Å². The van der Waals surface area contributed by atoms with Crippen LogP contribution in [0.5, 0.6) is 0 Å². The lowest BCUT2D eigenvalue weighted by Crippen LogP contribution is -2.26. The molecule has 156 valence electrons. The lowest BCUT2D eigenvalue weighted by Gasteiger charge is -2.15. The molecule has 0 atom stereocenters. The summed E-state index contributed by atoms with van der Waals surface area (Å²) in [5.41, 5.74) is 1.42. The lowest BCUT2D eigenvalue weighted by molar-refractivity contribution is -0.130. The average Bonchev–Trinajstić information content (AvgIpc) is 3.22. The number of hydrogen-bond donors (Lipinski definition) is 0. The Morgan fingerprint density at radius 1 is 1.17 bits per heavy atom. The Bertz CT molecular complexity index is 1140. The third kappa shape index (κ3) is 4.35. The topological polar surface area (TPSA) is 88.6 Å². The number of amides is 1. The second-order valence-corrected chi connectivity index (χ2v) is 9.44. The summed E-state index contributed by atoms with van der Waals surface area (Å²) in [6.45, 7) is 2.28. The van der Waals surface area contributed by atoms with E-state index in [4.69, 9.17) is 4.42 Å². The first kappa shape index (κ1) is 21.1. The molecule has 0 unspecified atom stereocenters. The molecule has 0 bridgehead atoms. The van der Waals surface area contributed by atoms with E-state index in [9.17, 15) is 13.2 Å². The number of aryl methyl sites for hydroxylation is 3. The number of rotatable bonds is 7. The van der Waals surface area contributed by atoms with E-state index < -0.39 is 10.0 Å². The zero-order chi connectivity index (χ0) is 21.3. The second kappa shape index (κ2) is 8.00. The van der Waals surface area contributed by atoms with Gasteiger partial charge >= 0.3 is 0 Å². The summed E-state index contributed by atoms with van der Waals surface area (Å²) in [6.07, 6.45) is 0.761. The molecule has 0 saturated heterocycles. The zero-order valence-electron chi connectivity index (χ0n) is 17.3. The van der Waals surface area contributed by atoms with Crippen LogP contribution in [0.15, 0.2) is 39.6 Å². The Balaban J connectivity index is 1.73. The number of aromatic nitrogens is 2. The molecule has 0 aliphatic heterocycles. The quantitative estimate of drug-likeness (QED) is 0.587. The SMILES string of the molecule is Cc1ccc(CN(C)C(=O)CCc2nc3cc(S(=O)(=O)N(C)C)ccc3n2C)o1. The number of imidazole rings is 1. The zero-order valence-corrected chi connectivity index (χ0v) is 18.2. The van der Waals surface area contributed by atoms with E-state index in [1.54, 1.807) is 30.1 Å². The Labute approximate surface area is 170 Å². The number of carbonyl (C=O) groups excluding carboxylic acids is 1. The Morgan fingerprint density at radius 3 is 2.52 bits per heavy atom. The molecule has 8 nitrogen and oxygen atoms in total. The van der Waals surface area contributed by atoms with Crippen LogP contribution in [0.3, 0.4) is 0 Å². The summed E-state index contributed by atoms with van der Waals surface area (Å²) >= 11 is 0. The minimum atomic E-state index is -3.52. The van der Waals surface area contributed by atoms with Gasteiger partial charge in [0.15, 0.2) is 0 Å². The molecule has 0 fully saturated rings. The monoisotopic (exact) mass is 418 g/mol. The number of hydrogen-bond acceptors (Lipinski definition) is 5. The van der Waals surface area contributed by atoms with Crippen molar-refractivity contribution in [1.82, 2.24) is 18.8 Å². The normalized spacial score (nSPS) is 12.1. The van der Waals surface area contributed by atoms with Gasteiger partial charge in [0.05, 0.1) is 22.5 Å². The molecule has 0 radical (unpaired) electrons. The summed E-state index contributed by atoms with van der Waals surface area (Å²) < 4.78 is 33.3. The summed E-state index contributed by atoms with van der Waals surface area (Å²) in [7, 11) is 3.08. The van der Waals surface area contributed by atoms with Crippen LogP contribution in [-0.2, 0) is 34.8 Å². The molecule has 3 rings (SSSR count). The largest absolute Gasteiger partial charge is 0.464 e. The number of furan rings is 1. The molecule has 0 spiro atoms. The van der Waals surface area contributed by atoms with Crippen LogP contribution in [0.25, 0.3) is 11.0 Å². The predicted octanol–water partition coefficient (Wildman–Crippen LogP) is 2.32. The van der Waals surface area contributed by atoms with Crippen LogP contribution in [0.4, 0.5) is 0 Å². The van der Waals surface area contributed by atoms with Crippen molar-refractivity contribution in [2.45, 2.75) is 31.2 Å². The van der Waals surface area contributed by atoms with Gasteiger partial charge in [-0.1, -0.05) is 0 Å². The van der Waals surface area contributed by atoms with Gasteiger partial charge in [0.1, 0.15) is 17.3 Å². The van der Waals surface area contributed by atoms with Gasteiger partial charge in [0.25, 0.3) is 0 Å². The lowest BCUT2D eigenvalue weighted by atomic mass is 10.2. The Kier molecular flexibility index (Phi) is 5.81. The maximum absolute atomic E-state index is 12.5. The predicted molar refractivity (Wildman–Crippen MR) is 110 cm³/mol. The summed E-state index contributed by atoms with van der Waals surface area (Å²) in [4.78, 5) is 18.9. The third-order valence-corrected chi connectivity index (χ3v) is 6.71. The van der Waals surface area contributed by atoms with Crippen molar-refractivity contribution in [2.75, 3.05) is 21.1 Å². The van der Waals surface area contributed by atoms with Crippen LogP contribution < -0.4 is 0 Å². The van der Waals surface area contributed by atoms with Crippen LogP contribution in [0.2, 0.25) is 0 Å². The van der Waals surface area contributed by atoms with E-state index in [-0.39, 0.29) is 10.8 Å². The van der Waals surface area contributed by atoms with E-state index in [0.29, 0.717) is 24.9 Å². The molecule has 9 heteroatoms. The van der Waals surface area contributed by atoms with Crippen molar-refractivity contribution in [1.29, 1.82) is 0 Å². The highest BCUT2D eigenvalue weighted by molar-refractivity contribution is 7.89. The van der Waals surface area contributed by atoms with Crippen LogP contribution in [0, 0.1) is 6.92 Å². The van der Waals surface area contributed by atoms with Crippen molar-refractivity contribution in [3.8, 4) is 0 Å². The Hall–Kier alpha value is -2.65. The fraction of sp³-hybridized carbons (Fsp3) is 0.400. The third-order valence-electron chi connectivity index (χ3n) is 4.90.